The maximum Gasteiger partial charge on any atom is 0.329 e. The van der Waals surface area contributed by atoms with Crippen molar-refractivity contribution < 1.29 is 13.9 Å². The molecule has 0 spiro atoms. The van der Waals surface area contributed by atoms with E-state index in [9.17, 15) is 9.18 Å². The number of nitrogens with zero attached hydrogens (tertiary/aromatic N) is 1. The molecule has 0 aliphatic carbocycles. The SMILES string of the molecule is COC(=O)C1NN(c2ccc(N)cc2)C=C1Cc1ccc(F)cc1. The Labute approximate surface area is 139 Å². The Bertz CT molecular complexity index is 757. The van der Waals surface area contributed by atoms with E-state index in [-0.39, 0.29) is 11.8 Å². The minimum absolute atomic E-state index is 0.287. The molecule has 2 aromatic carbocycles. The summed E-state index contributed by atoms with van der Waals surface area (Å²) in [6.45, 7) is 0. The lowest BCUT2D eigenvalue weighted by molar-refractivity contribution is -0.141. The van der Waals surface area contributed by atoms with E-state index in [0.29, 0.717) is 12.1 Å². The van der Waals surface area contributed by atoms with Gasteiger partial charge < -0.3 is 10.5 Å². The fourth-order valence-corrected chi connectivity index (χ4v) is 2.59. The van der Waals surface area contributed by atoms with Crippen LogP contribution in [0.5, 0.6) is 0 Å². The number of nitrogens with two attached hydrogens (primary N) is 1. The Morgan fingerprint density at radius 2 is 1.88 bits per heavy atom. The number of benzene rings is 2. The Morgan fingerprint density at radius 1 is 1.21 bits per heavy atom. The van der Waals surface area contributed by atoms with E-state index in [2.05, 4.69) is 5.43 Å². The first-order chi connectivity index (χ1) is 11.6. The number of esters is 1. The molecule has 0 aromatic heterocycles. The summed E-state index contributed by atoms with van der Waals surface area (Å²) in [6, 6.07) is 12.9. The van der Waals surface area contributed by atoms with Crippen molar-refractivity contribution in [2.45, 2.75) is 12.5 Å². The van der Waals surface area contributed by atoms with Crippen LogP contribution in [0.4, 0.5) is 15.8 Å². The molecule has 0 amide bonds. The minimum Gasteiger partial charge on any atom is -0.468 e. The number of hydrogen-bond acceptors (Lipinski definition) is 5. The number of methoxy groups -OCH3 is 1. The molecule has 6 heteroatoms. The van der Waals surface area contributed by atoms with Gasteiger partial charge >= 0.3 is 5.97 Å². The number of anilines is 2. The van der Waals surface area contributed by atoms with Crippen LogP contribution in [0.2, 0.25) is 0 Å². The summed E-state index contributed by atoms with van der Waals surface area (Å²) in [5.74, 6) is -0.661. The summed E-state index contributed by atoms with van der Waals surface area (Å²) in [5, 5.41) is 1.76. The molecule has 0 bridgehead atoms. The van der Waals surface area contributed by atoms with Crippen LogP contribution in [0.1, 0.15) is 5.56 Å². The van der Waals surface area contributed by atoms with E-state index in [0.717, 1.165) is 16.8 Å². The maximum absolute atomic E-state index is 13.1. The molecule has 1 unspecified atom stereocenters. The highest BCUT2D eigenvalue weighted by Crippen LogP contribution is 2.24. The van der Waals surface area contributed by atoms with Gasteiger partial charge in [-0.2, -0.15) is 0 Å². The maximum atomic E-state index is 13.1. The van der Waals surface area contributed by atoms with E-state index >= 15 is 0 Å². The summed E-state index contributed by atoms with van der Waals surface area (Å²) in [5.41, 5.74) is 12.1. The Morgan fingerprint density at radius 3 is 2.50 bits per heavy atom. The zero-order valence-corrected chi connectivity index (χ0v) is 13.2. The molecule has 1 atom stereocenters. The Balaban J connectivity index is 1.86. The molecule has 5 nitrogen and oxygen atoms in total. The first kappa shape index (κ1) is 16.0. The van der Waals surface area contributed by atoms with Gasteiger partial charge in [0.2, 0.25) is 0 Å². The lowest BCUT2D eigenvalue weighted by Crippen LogP contribution is -2.42. The quantitative estimate of drug-likeness (QED) is 0.667. The number of carbonyl (C=O) groups is 1. The standard InChI is InChI=1S/C18H18FN3O2/c1-24-18(23)17-13(10-12-2-4-14(19)5-3-12)11-22(21-17)16-8-6-15(20)7-9-16/h2-9,11,17,21H,10,20H2,1H3. The van der Waals surface area contributed by atoms with Gasteiger partial charge in [0.05, 0.1) is 12.8 Å². The van der Waals surface area contributed by atoms with Crippen molar-refractivity contribution in [1.29, 1.82) is 0 Å². The van der Waals surface area contributed by atoms with Crippen LogP contribution in [-0.2, 0) is 16.0 Å². The van der Waals surface area contributed by atoms with E-state index in [1.54, 1.807) is 29.3 Å². The Hall–Kier alpha value is -2.86. The van der Waals surface area contributed by atoms with Gasteiger partial charge in [-0.25, -0.2) is 14.6 Å². The van der Waals surface area contributed by atoms with Gasteiger partial charge in [0.1, 0.15) is 11.9 Å². The molecule has 0 saturated carbocycles. The number of ether oxygens (including phenoxy) is 1. The van der Waals surface area contributed by atoms with Crippen LogP contribution >= 0.6 is 0 Å². The zero-order valence-electron chi connectivity index (χ0n) is 13.2. The highest BCUT2D eigenvalue weighted by molar-refractivity contribution is 5.81. The van der Waals surface area contributed by atoms with Gasteiger partial charge in [-0.15, -0.1) is 0 Å². The van der Waals surface area contributed by atoms with Gasteiger partial charge in [0.15, 0.2) is 0 Å². The van der Waals surface area contributed by atoms with E-state index < -0.39 is 6.04 Å². The van der Waals surface area contributed by atoms with Crippen LogP contribution in [-0.4, -0.2) is 19.1 Å². The first-order valence-corrected chi connectivity index (χ1v) is 7.50. The van der Waals surface area contributed by atoms with E-state index in [1.165, 1.54) is 19.2 Å². The lowest BCUT2D eigenvalue weighted by atomic mass is 10.0. The largest absolute Gasteiger partial charge is 0.468 e. The number of hydrazine groups is 1. The van der Waals surface area contributed by atoms with Crippen molar-refractivity contribution in [3.8, 4) is 0 Å². The van der Waals surface area contributed by atoms with Crippen LogP contribution in [0.25, 0.3) is 0 Å². The lowest BCUT2D eigenvalue weighted by Gasteiger charge is -2.19. The first-order valence-electron chi connectivity index (χ1n) is 7.50. The Kier molecular flexibility index (Phi) is 4.48. The number of rotatable bonds is 4. The molecule has 0 saturated heterocycles. The third-order valence-electron chi connectivity index (χ3n) is 3.86. The molecule has 3 N–H and O–H groups in total. The van der Waals surface area contributed by atoms with Crippen molar-refractivity contribution in [2.75, 3.05) is 17.9 Å². The summed E-state index contributed by atoms with van der Waals surface area (Å²) in [4.78, 5) is 12.1. The average Bonchev–Trinajstić information content (AvgIpc) is 3.00. The third-order valence-corrected chi connectivity index (χ3v) is 3.86. The summed E-state index contributed by atoms with van der Waals surface area (Å²) < 4.78 is 17.9. The van der Waals surface area contributed by atoms with Crippen LogP contribution < -0.4 is 16.2 Å². The summed E-state index contributed by atoms with van der Waals surface area (Å²) in [6.07, 6.45) is 2.37. The summed E-state index contributed by atoms with van der Waals surface area (Å²) in [7, 11) is 1.35. The zero-order chi connectivity index (χ0) is 17.1. The van der Waals surface area contributed by atoms with E-state index in [4.69, 9.17) is 10.5 Å². The monoisotopic (exact) mass is 327 g/mol. The fraction of sp³-hybridized carbons (Fsp3) is 0.167. The highest BCUT2D eigenvalue weighted by Gasteiger charge is 2.31. The molecule has 24 heavy (non-hydrogen) atoms. The van der Waals surface area contributed by atoms with Crippen LogP contribution in [0, 0.1) is 5.82 Å². The van der Waals surface area contributed by atoms with Crippen molar-refractivity contribution in [3.05, 3.63) is 71.7 Å². The van der Waals surface area contributed by atoms with Crippen LogP contribution in [0.3, 0.4) is 0 Å². The van der Waals surface area contributed by atoms with Gasteiger partial charge in [0.25, 0.3) is 0 Å². The third kappa shape index (κ3) is 3.38. The molecule has 1 aliphatic heterocycles. The normalized spacial score (nSPS) is 16.8. The van der Waals surface area contributed by atoms with Crippen molar-refractivity contribution in [2.24, 2.45) is 0 Å². The van der Waals surface area contributed by atoms with Crippen molar-refractivity contribution in [1.82, 2.24) is 5.43 Å². The number of halogens is 1. The summed E-state index contributed by atoms with van der Waals surface area (Å²) >= 11 is 0. The number of nitrogen functional groups attached to an aromatic ring is 1. The molecule has 0 radical (unpaired) electrons. The van der Waals surface area contributed by atoms with Gasteiger partial charge in [0, 0.05) is 11.9 Å². The van der Waals surface area contributed by atoms with Crippen LogP contribution in [0.15, 0.2) is 60.3 Å². The second kappa shape index (κ2) is 6.72. The molecule has 3 rings (SSSR count). The molecular weight excluding hydrogens is 309 g/mol. The van der Waals surface area contributed by atoms with Gasteiger partial charge in [-0.3, -0.25) is 5.01 Å². The number of nitrogens with one attached hydrogen (secondary N) is 1. The molecule has 1 heterocycles. The topological polar surface area (TPSA) is 67.6 Å². The molecule has 1 aliphatic rings. The second-order valence-electron chi connectivity index (χ2n) is 5.55. The molecule has 124 valence electrons. The van der Waals surface area contributed by atoms with Gasteiger partial charge in [-0.05, 0) is 54.0 Å². The van der Waals surface area contributed by atoms with E-state index in [1.807, 2.05) is 18.3 Å². The predicted molar refractivity (Wildman–Crippen MR) is 90.5 cm³/mol. The minimum atomic E-state index is -0.586. The second-order valence-corrected chi connectivity index (χ2v) is 5.55. The van der Waals surface area contributed by atoms with Crippen molar-refractivity contribution >= 4 is 17.3 Å². The molecule has 0 fully saturated rings. The van der Waals surface area contributed by atoms with Crippen molar-refractivity contribution in [3.63, 3.8) is 0 Å². The van der Waals surface area contributed by atoms with Gasteiger partial charge in [-0.1, -0.05) is 12.1 Å². The number of carbonyl (C=O) groups excluding carboxylic acids is 1. The fourth-order valence-electron chi connectivity index (χ4n) is 2.59. The number of hydrogen-bond donors (Lipinski definition) is 2. The predicted octanol–water partition coefficient (Wildman–Crippen LogP) is 2.40. The highest BCUT2D eigenvalue weighted by atomic mass is 19.1. The smallest absolute Gasteiger partial charge is 0.329 e. The molecule has 2 aromatic rings. The molecular formula is C18H18FN3O2. The average molecular weight is 327 g/mol.